The molecule has 0 bridgehead atoms. The monoisotopic (exact) mass is 181 g/mol. The van der Waals surface area contributed by atoms with Gasteiger partial charge in [-0.25, -0.2) is 0 Å². The minimum atomic E-state index is -0.0918. The van der Waals surface area contributed by atoms with Crippen molar-refractivity contribution in [3.63, 3.8) is 0 Å². The number of hydrogen-bond acceptors (Lipinski definition) is 2. The number of allylic oxidation sites excluding steroid dienone is 1. The predicted octanol–water partition coefficient (Wildman–Crippen LogP) is 1.60. The lowest BCUT2D eigenvalue weighted by Crippen LogP contribution is -2.42. The molecule has 0 aromatic heterocycles. The highest BCUT2D eigenvalue weighted by atomic mass is 16.3. The summed E-state index contributed by atoms with van der Waals surface area (Å²) in [4.78, 5) is 0. The average Bonchev–Trinajstić information content (AvgIpc) is 2.54. The van der Waals surface area contributed by atoms with Crippen LogP contribution in [0.3, 0.4) is 0 Å². The van der Waals surface area contributed by atoms with Gasteiger partial charge >= 0.3 is 0 Å². The molecule has 13 heavy (non-hydrogen) atoms. The molecular formula is C11H19NO. The molecule has 2 heteroatoms. The molecule has 0 spiro atoms. The summed E-state index contributed by atoms with van der Waals surface area (Å²) < 4.78 is 0. The molecule has 0 heterocycles. The molecule has 0 aromatic carbocycles. The van der Waals surface area contributed by atoms with Gasteiger partial charge in [0.25, 0.3) is 0 Å². The Hall–Kier alpha value is -0.340. The molecule has 2 aliphatic carbocycles. The average molecular weight is 181 g/mol. The summed E-state index contributed by atoms with van der Waals surface area (Å²) in [6.45, 7) is 0. The van der Waals surface area contributed by atoms with E-state index in [1.165, 1.54) is 19.3 Å². The first kappa shape index (κ1) is 9.22. The van der Waals surface area contributed by atoms with Crippen molar-refractivity contribution in [1.82, 2.24) is 5.32 Å². The first-order valence-corrected chi connectivity index (χ1v) is 5.45. The maximum absolute atomic E-state index is 9.64. The van der Waals surface area contributed by atoms with Gasteiger partial charge in [0.05, 0.1) is 6.10 Å². The van der Waals surface area contributed by atoms with Crippen molar-refractivity contribution in [1.29, 1.82) is 0 Å². The summed E-state index contributed by atoms with van der Waals surface area (Å²) in [5.41, 5.74) is 0. The van der Waals surface area contributed by atoms with Crippen LogP contribution in [0.2, 0.25) is 0 Å². The Labute approximate surface area is 80.0 Å². The van der Waals surface area contributed by atoms with Crippen molar-refractivity contribution in [2.75, 3.05) is 0 Å². The zero-order valence-electron chi connectivity index (χ0n) is 8.08. The molecule has 0 aliphatic heterocycles. The number of rotatable bonds is 2. The molecule has 1 fully saturated rings. The van der Waals surface area contributed by atoms with Crippen molar-refractivity contribution in [2.45, 2.75) is 56.7 Å². The van der Waals surface area contributed by atoms with Crippen LogP contribution in [0.1, 0.15) is 38.5 Å². The van der Waals surface area contributed by atoms with E-state index in [-0.39, 0.29) is 6.10 Å². The summed E-state index contributed by atoms with van der Waals surface area (Å²) in [6.07, 6.45) is 11.3. The topological polar surface area (TPSA) is 32.3 Å². The van der Waals surface area contributed by atoms with E-state index in [0.29, 0.717) is 12.1 Å². The van der Waals surface area contributed by atoms with Crippen LogP contribution in [0, 0.1) is 0 Å². The van der Waals surface area contributed by atoms with Crippen LogP contribution in [0.5, 0.6) is 0 Å². The van der Waals surface area contributed by atoms with Gasteiger partial charge < -0.3 is 10.4 Å². The van der Waals surface area contributed by atoms with Gasteiger partial charge in [0, 0.05) is 12.1 Å². The van der Waals surface area contributed by atoms with Crippen molar-refractivity contribution in [3.8, 4) is 0 Å². The fraction of sp³-hybridized carbons (Fsp3) is 0.818. The van der Waals surface area contributed by atoms with Gasteiger partial charge in [0.15, 0.2) is 0 Å². The van der Waals surface area contributed by atoms with Crippen LogP contribution < -0.4 is 5.32 Å². The lowest BCUT2D eigenvalue weighted by atomic mass is 10.0. The van der Waals surface area contributed by atoms with Crippen LogP contribution in [0.25, 0.3) is 0 Å². The van der Waals surface area contributed by atoms with E-state index < -0.39 is 0 Å². The van der Waals surface area contributed by atoms with Gasteiger partial charge in [-0.3, -0.25) is 0 Å². The summed E-state index contributed by atoms with van der Waals surface area (Å²) >= 11 is 0. The normalized spacial score (nSPS) is 39.6. The highest BCUT2D eigenvalue weighted by Crippen LogP contribution is 2.21. The number of aliphatic hydroxyl groups excluding tert-OH is 1. The van der Waals surface area contributed by atoms with Crippen LogP contribution in [0.15, 0.2) is 12.2 Å². The smallest absolute Gasteiger partial charge is 0.0693 e. The van der Waals surface area contributed by atoms with Crippen molar-refractivity contribution in [3.05, 3.63) is 12.2 Å². The molecule has 2 aliphatic rings. The second kappa shape index (κ2) is 4.25. The fourth-order valence-electron chi connectivity index (χ4n) is 2.38. The summed E-state index contributed by atoms with van der Waals surface area (Å²) in [5, 5.41) is 13.2. The minimum Gasteiger partial charge on any atom is -0.392 e. The minimum absolute atomic E-state index is 0.0918. The highest BCUT2D eigenvalue weighted by molar-refractivity contribution is 4.95. The Bertz CT molecular complexity index is 191. The predicted molar refractivity (Wildman–Crippen MR) is 53.6 cm³/mol. The number of nitrogens with one attached hydrogen (secondary N) is 1. The molecule has 74 valence electrons. The van der Waals surface area contributed by atoms with E-state index in [4.69, 9.17) is 0 Å². The fourth-order valence-corrected chi connectivity index (χ4v) is 2.38. The number of hydrogen-bond donors (Lipinski definition) is 2. The summed E-state index contributed by atoms with van der Waals surface area (Å²) in [6, 6.07) is 0.985. The standard InChI is InChI=1S/C11H19NO/c13-11-8-4-7-10(11)12-9-5-2-1-3-6-9/h1-2,9-13H,3-8H2/t9?,10-,11-/m0/s1. The van der Waals surface area contributed by atoms with Gasteiger partial charge in [-0.15, -0.1) is 0 Å². The molecule has 2 N–H and O–H groups in total. The van der Waals surface area contributed by atoms with E-state index in [1.807, 2.05) is 0 Å². The molecule has 2 nitrogen and oxygen atoms in total. The van der Waals surface area contributed by atoms with Gasteiger partial charge in [-0.1, -0.05) is 12.2 Å². The number of aliphatic hydroxyl groups is 1. The molecule has 0 aromatic rings. The van der Waals surface area contributed by atoms with Gasteiger partial charge in [-0.05, 0) is 38.5 Å². The highest BCUT2D eigenvalue weighted by Gasteiger charge is 2.26. The first-order valence-electron chi connectivity index (χ1n) is 5.45. The SMILES string of the molecule is O[C@H]1CCC[C@@H]1NC1CC=CCC1. The quantitative estimate of drug-likeness (QED) is 0.634. The third-order valence-corrected chi connectivity index (χ3v) is 3.20. The molecule has 1 saturated carbocycles. The molecule has 1 unspecified atom stereocenters. The molecule has 0 saturated heterocycles. The summed E-state index contributed by atoms with van der Waals surface area (Å²) in [7, 11) is 0. The van der Waals surface area contributed by atoms with Crippen LogP contribution in [0.4, 0.5) is 0 Å². The maximum atomic E-state index is 9.64. The van der Waals surface area contributed by atoms with Gasteiger partial charge in [-0.2, -0.15) is 0 Å². The third-order valence-electron chi connectivity index (χ3n) is 3.20. The molecule has 3 atom stereocenters. The third kappa shape index (κ3) is 2.32. The Morgan fingerprint density at radius 3 is 2.69 bits per heavy atom. The van der Waals surface area contributed by atoms with E-state index >= 15 is 0 Å². The van der Waals surface area contributed by atoms with E-state index in [9.17, 15) is 5.11 Å². The Balaban J connectivity index is 1.79. The Morgan fingerprint density at radius 2 is 2.08 bits per heavy atom. The Morgan fingerprint density at radius 1 is 1.15 bits per heavy atom. The Kier molecular flexibility index (Phi) is 3.01. The van der Waals surface area contributed by atoms with E-state index in [1.54, 1.807) is 0 Å². The van der Waals surface area contributed by atoms with Gasteiger partial charge in [0.2, 0.25) is 0 Å². The van der Waals surface area contributed by atoms with Crippen LogP contribution >= 0.6 is 0 Å². The second-order valence-corrected chi connectivity index (χ2v) is 4.25. The van der Waals surface area contributed by atoms with E-state index in [0.717, 1.165) is 19.3 Å². The van der Waals surface area contributed by atoms with Gasteiger partial charge in [0.1, 0.15) is 0 Å². The van der Waals surface area contributed by atoms with Crippen molar-refractivity contribution in [2.24, 2.45) is 0 Å². The zero-order valence-corrected chi connectivity index (χ0v) is 8.08. The maximum Gasteiger partial charge on any atom is 0.0693 e. The molecule has 2 rings (SSSR count). The van der Waals surface area contributed by atoms with Crippen LogP contribution in [-0.2, 0) is 0 Å². The largest absolute Gasteiger partial charge is 0.392 e. The van der Waals surface area contributed by atoms with Crippen molar-refractivity contribution >= 4 is 0 Å². The second-order valence-electron chi connectivity index (χ2n) is 4.25. The lowest BCUT2D eigenvalue weighted by Gasteiger charge is -2.25. The molecular weight excluding hydrogens is 162 g/mol. The molecule has 0 radical (unpaired) electrons. The van der Waals surface area contributed by atoms with E-state index in [2.05, 4.69) is 17.5 Å². The van der Waals surface area contributed by atoms with Crippen LogP contribution in [-0.4, -0.2) is 23.3 Å². The summed E-state index contributed by atoms with van der Waals surface area (Å²) in [5.74, 6) is 0. The van der Waals surface area contributed by atoms with Crippen molar-refractivity contribution < 1.29 is 5.11 Å². The lowest BCUT2D eigenvalue weighted by molar-refractivity contribution is 0.141. The zero-order chi connectivity index (χ0) is 9.10. The first-order chi connectivity index (χ1) is 6.36. The molecule has 0 amide bonds.